The third-order valence-electron chi connectivity index (χ3n) is 2.82. The predicted octanol–water partition coefficient (Wildman–Crippen LogP) is 3.95. The number of esters is 2. The summed E-state index contributed by atoms with van der Waals surface area (Å²) >= 11 is 0. The Kier molecular flexibility index (Phi) is 11.9. The maximum atomic E-state index is 11.7. The number of carbonyl (C=O) groups excluding carboxylic acids is 2. The smallest absolute Gasteiger partial charge is 0.345 e. The van der Waals surface area contributed by atoms with Crippen LogP contribution in [0.2, 0.25) is 0 Å². The van der Waals surface area contributed by atoms with Gasteiger partial charge in [-0.25, -0.2) is 9.18 Å². The molecule has 0 aromatic heterocycles. The summed E-state index contributed by atoms with van der Waals surface area (Å²) in [5.41, 5.74) is 0. The fourth-order valence-corrected chi connectivity index (χ4v) is 1.79. The van der Waals surface area contributed by atoms with Crippen molar-refractivity contribution in [1.29, 1.82) is 0 Å². The maximum absolute atomic E-state index is 11.7. The van der Waals surface area contributed by atoms with Gasteiger partial charge < -0.3 is 4.74 Å². The number of hydrogen-bond acceptors (Lipinski definition) is 3. The van der Waals surface area contributed by atoms with Gasteiger partial charge in [0.25, 0.3) is 0 Å². The molecule has 0 spiro atoms. The average molecular weight is 260 g/mol. The standard InChI is InChI=1S/C14H25FO3/c1-2-3-4-5-6-7-8-9-10-11-13(16)18-14(17)12-15/h2-12H2,1H3. The SMILES string of the molecule is CCCCCCCCCCCC(=O)OC(=O)CF. The Labute approximate surface area is 109 Å². The van der Waals surface area contributed by atoms with E-state index >= 15 is 0 Å². The maximum Gasteiger partial charge on any atom is 0.345 e. The Morgan fingerprint density at radius 2 is 1.33 bits per heavy atom. The van der Waals surface area contributed by atoms with Gasteiger partial charge in [-0.15, -0.1) is 0 Å². The molecule has 0 amide bonds. The van der Waals surface area contributed by atoms with Crippen LogP contribution in [-0.4, -0.2) is 18.6 Å². The molecule has 106 valence electrons. The largest absolute Gasteiger partial charge is 0.391 e. The molecule has 0 aromatic carbocycles. The number of hydrogen-bond donors (Lipinski definition) is 0. The van der Waals surface area contributed by atoms with Crippen molar-refractivity contribution < 1.29 is 18.7 Å². The summed E-state index contributed by atoms with van der Waals surface area (Å²) < 4.78 is 16.0. The number of halogens is 1. The summed E-state index contributed by atoms with van der Waals surface area (Å²) in [5.74, 6) is -1.70. The van der Waals surface area contributed by atoms with Crippen molar-refractivity contribution in [2.45, 2.75) is 71.1 Å². The molecule has 3 nitrogen and oxygen atoms in total. The molecule has 0 aliphatic heterocycles. The monoisotopic (exact) mass is 260 g/mol. The Hall–Kier alpha value is -0.930. The molecule has 4 heteroatoms. The lowest BCUT2D eigenvalue weighted by Crippen LogP contribution is -2.13. The Morgan fingerprint density at radius 1 is 0.833 bits per heavy atom. The van der Waals surface area contributed by atoms with Crippen LogP contribution in [0, 0.1) is 0 Å². The first-order chi connectivity index (χ1) is 8.70. The quantitative estimate of drug-likeness (QED) is 0.321. The van der Waals surface area contributed by atoms with Crippen LogP contribution in [0.5, 0.6) is 0 Å². The Bertz CT molecular complexity index is 229. The van der Waals surface area contributed by atoms with Gasteiger partial charge in [-0.05, 0) is 6.42 Å². The van der Waals surface area contributed by atoms with Crippen molar-refractivity contribution in [3.05, 3.63) is 0 Å². The molecule has 0 bridgehead atoms. The van der Waals surface area contributed by atoms with E-state index in [4.69, 9.17) is 0 Å². The van der Waals surface area contributed by atoms with Gasteiger partial charge in [-0.2, -0.15) is 0 Å². The third kappa shape index (κ3) is 11.6. The second-order valence-electron chi connectivity index (χ2n) is 4.56. The number of ether oxygens (including phenoxy) is 1. The van der Waals surface area contributed by atoms with Gasteiger partial charge in [-0.1, -0.05) is 58.3 Å². The summed E-state index contributed by atoms with van der Waals surface area (Å²) in [6.45, 7) is 0.968. The van der Waals surface area contributed by atoms with Crippen molar-refractivity contribution >= 4 is 11.9 Å². The highest BCUT2D eigenvalue weighted by Crippen LogP contribution is 2.10. The Balaban J connectivity index is 3.20. The molecule has 0 rings (SSSR count). The summed E-state index contributed by atoms with van der Waals surface area (Å²) in [7, 11) is 0. The van der Waals surface area contributed by atoms with Crippen LogP contribution in [0.15, 0.2) is 0 Å². The van der Waals surface area contributed by atoms with E-state index in [1.807, 2.05) is 0 Å². The first-order valence-electron chi connectivity index (χ1n) is 7.00. The van der Waals surface area contributed by atoms with Crippen LogP contribution in [0.4, 0.5) is 4.39 Å². The topological polar surface area (TPSA) is 43.4 Å². The molecule has 0 aliphatic rings. The second kappa shape index (κ2) is 12.5. The van der Waals surface area contributed by atoms with E-state index in [0.29, 0.717) is 6.42 Å². The van der Waals surface area contributed by atoms with Crippen LogP contribution in [0.1, 0.15) is 71.1 Å². The minimum Gasteiger partial charge on any atom is -0.391 e. The fraction of sp³-hybridized carbons (Fsp3) is 0.857. The lowest BCUT2D eigenvalue weighted by molar-refractivity contribution is -0.160. The molecule has 18 heavy (non-hydrogen) atoms. The molecule has 0 saturated heterocycles. The lowest BCUT2D eigenvalue weighted by Gasteiger charge is -2.02. The van der Waals surface area contributed by atoms with Crippen LogP contribution in [-0.2, 0) is 14.3 Å². The van der Waals surface area contributed by atoms with E-state index in [0.717, 1.165) is 12.8 Å². The second-order valence-corrected chi connectivity index (χ2v) is 4.56. The van der Waals surface area contributed by atoms with Crippen LogP contribution in [0.25, 0.3) is 0 Å². The van der Waals surface area contributed by atoms with E-state index < -0.39 is 18.6 Å². The van der Waals surface area contributed by atoms with Crippen LogP contribution < -0.4 is 0 Å². The number of alkyl halides is 1. The summed E-state index contributed by atoms with van der Waals surface area (Å²) in [6, 6.07) is 0. The van der Waals surface area contributed by atoms with Crippen LogP contribution in [0.3, 0.4) is 0 Å². The normalized spacial score (nSPS) is 10.3. The van der Waals surface area contributed by atoms with E-state index in [-0.39, 0.29) is 6.42 Å². The highest BCUT2D eigenvalue weighted by Gasteiger charge is 2.08. The molecular formula is C14H25FO3. The molecule has 0 aliphatic carbocycles. The van der Waals surface area contributed by atoms with Gasteiger partial charge in [0.15, 0.2) is 6.67 Å². The van der Waals surface area contributed by atoms with Crippen molar-refractivity contribution in [3.63, 3.8) is 0 Å². The van der Waals surface area contributed by atoms with E-state index in [1.165, 1.54) is 38.5 Å². The molecule has 0 heterocycles. The first-order valence-corrected chi connectivity index (χ1v) is 7.00. The van der Waals surface area contributed by atoms with E-state index in [1.54, 1.807) is 0 Å². The molecule has 0 unspecified atom stereocenters. The number of carbonyl (C=O) groups is 2. The average Bonchev–Trinajstić information content (AvgIpc) is 2.36. The zero-order valence-electron chi connectivity index (χ0n) is 11.4. The Morgan fingerprint density at radius 3 is 1.83 bits per heavy atom. The highest BCUT2D eigenvalue weighted by atomic mass is 19.1. The van der Waals surface area contributed by atoms with Gasteiger partial charge in [0.1, 0.15) is 0 Å². The molecule has 0 fully saturated rings. The number of unbranched alkanes of at least 4 members (excludes halogenated alkanes) is 8. The van der Waals surface area contributed by atoms with Crippen molar-refractivity contribution in [1.82, 2.24) is 0 Å². The molecule has 0 saturated carbocycles. The lowest BCUT2D eigenvalue weighted by atomic mass is 10.1. The summed E-state index contributed by atoms with van der Waals surface area (Å²) in [4.78, 5) is 21.5. The van der Waals surface area contributed by atoms with Gasteiger partial charge in [0.05, 0.1) is 0 Å². The fourth-order valence-electron chi connectivity index (χ4n) is 1.79. The van der Waals surface area contributed by atoms with Gasteiger partial charge in [0, 0.05) is 6.42 Å². The predicted molar refractivity (Wildman–Crippen MR) is 68.9 cm³/mol. The zero-order chi connectivity index (χ0) is 13.6. The van der Waals surface area contributed by atoms with Gasteiger partial charge in [-0.3, -0.25) is 4.79 Å². The number of rotatable bonds is 11. The van der Waals surface area contributed by atoms with Crippen molar-refractivity contribution in [2.75, 3.05) is 6.67 Å². The summed E-state index contributed by atoms with van der Waals surface area (Å²) in [5, 5.41) is 0. The minimum absolute atomic E-state index is 0.210. The highest BCUT2D eigenvalue weighted by molar-refractivity contribution is 5.85. The van der Waals surface area contributed by atoms with Gasteiger partial charge >= 0.3 is 11.9 Å². The van der Waals surface area contributed by atoms with Gasteiger partial charge in [0.2, 0.25) is 0 Å². The first kappa shape index (κ1) is 17.1. The molecule has 0 aromatic rings. The van der Waals surface area contributed by atoms with Crippen LogP contribution >= 0.6 is 0 Å². The molecule has 0 N–H and O–H groups in total. The molecule has 0 atom stereocenters. The van der Waals surface area contributed by atoms with Crippen molar-refractivity contribution in [2.24, 2.45) is 0 Å². The van der Waals surface area contributed by atoms with Crippen molar-refractivity contribution in [3.8, 4) is 0 Å². The summed E-state index contributed by atoms with van der Waals surface area (Å²) in [6.07, 6.45) is 10.6. The van der Waals surface area contributed by atoms with E-state index in [2.05, 4.69) is 11.7 Å². The minimum atomic E-state index is -1.23. The third-order valence-corrected chi connectivity index (χ3v) is 2.82. The molecule has 0 radical (unpaired) electrons. The van der Waals surface area contributed by atoms with E-state index in [9.17, 15) is 14.0 Å². The molecular weight excluding hydrogens is 235 g/mol. The zero-order valence-corrected chi connectivity index (χ0v) is 11.4.